The summed E-state index contributed by atoms with van der Waals surface area (Å²) in [5, 5.41) is 0.451. The summed E-state index contributed by atoms with van der Waals surface area (Å²) in [7, 11) is 0. The fourth-order valence-corrected chi connectivity index (χ4v) is 4.42. The van der Waals surface area contributed by atoms with Crippen molar-refractivity contribution in [2.45, 2.75) is 24.5 Å². The molecular weight excluding hydrogens is 286 g/mol. The van der Waals surface area contributed by atoms with Gasteiger partial charge in [-0.25, -0.2) is 0 Å². The number of hydrogen-bond acceptors (Lipinski definition) is 2. The lowest BCUT2D eigenvalue weighted by atomic mass is 10.0. The minimum absolute atomic E-state index is 0.451. The summed E-state index contributed by atoms with van der Waals surface area (Å²) in [4.78, 5) is 2.63. The molecule has 0 radical (unpaired) electrons. The Labute approximate surface area is 138 Å². The van der Waals surface area contributed by atoms with Crippen molar-refractivity contribution in [2.24, 2.45) is 0 Å². The highest BCUT2D eigenvalue weighted by Crippen LogP contribution is 2.35. The number of hydrogen-bond donors (Lipinski definition) is 0. The summed E-state index contributed by atoms with van der Waals surface area (Å²) >= 11 is 2.08. The molecule has 0 spiro atoms. The lowest BCUT2D eigenvalue weighted by molar-refractivity contribution is 0.242. The number of piperidine rings is 1. The summed E-state index contributed by atoms with van der Waals surface area (Å²) in [5.41, 5.74) is 2.83. The van der Waals surface area contributed by atoms with Crippen LogP contribution in [0.5, 0.6) is 0 Å². The van der Waals surface area contributed by atoms with E-state index in [2.05, 4.69) is 77.3 Å². The van der Waals surface area contributed by atoms with Crippen LogP contribution in [0, 0.1) is 0 Å². The number of benzene rings is 2. The number of rotatable bonds is 6. The molecule has 0 aliphatic carbocycles. The summed E-state index contributed by atoms with van der Waals surface area (Å²) < 4.78 is 0. The van der Waals surface area contributed by atoms with E-state index in [0.717, 1.165) is 0 Å². The Morgan fingerprint density at radius 2 is 1.32 bits per heavy atom. The quantitative estimate of drug-likeness (QED) is 0.739. The Kier molecular flexibility index (Phi) is 5.97. The van der Waals surface area contributed by atoms with E-state index in [4.69, 9.17) is 0 Å². The van der Waals surface area contributed by atoms with Gasteiger partial charge >= 0.3 is 0 Å². The maximum atomic E-state index is 2.63. The van der Waals surface area contributed by atoms with Crippen molar-refractivity contribution in [3.05, 3.63) is 71.8 Å². The van der Waals surface area contributed by atoms with Crippen molar-refractivity contribution < 1.29 is 0 Å². The first kappa shape index (κ1) is 15.6. The van der Waals surface area contributed by atoms with E-state index in [1.165, 1.54) is 55.8 Å². The van der Waals surface area contributed by atoms with Gasteiger partial charge in [0.25, 0.3) is 0 Å². The van der Waals surface area contributed by atoms with Gasteiger partial charge in [-0.1, -0.05) is 67.1 Å². The highest BCUT2D eigenvalue weighted by molar-refractivity contribution is 7.99. The Morgan fingerprint density at radius 1 is 0.773 bits per heavy atom. The van der Waals surface area contributed by atoms with Crippen LogP contribution in [0.4, 0.5) is 0 Å². The maximum Gasteiger partial charge on any atom is 0.0547 e. The molecule has 2 aromatic rings. The van der Waals surface area contributed by atoms with Crippen LogP contribution in [0.2, 0.25) is 0 Å². The van der Waals surface area contributed by atoms with E-state index in [0.29, 0.717) is 5.25 Å². The summed E-state index contributed by atoms with van der Waals surface area (Å²) in [6.07, 6.45) is 4.18. The molecule has 1 aliphatic rings. The summed E-state index contributed by atoms with van der Waals surface area (Å²) in [6.45, 7) is 3.81. The van der Waals surface area contributed by atoms with Gasteiger partial charge in [0.2, 0.25) is 0 Å². The highest BCUT2D eigenvalue weighted by atomic mass is 32.2. The monoisotopic (exact) mass is 311 g/mol. The first-order chi connectivity index (χ1) is 10.9. The predicted molar refractivity (Wildman–Crippen MR) is 97.5 cm³/mol. The van der Waals surface area contributed by atoms with E-state index < -0.39 is 0 Å². The number of thioether (sulfide) groups is 1. The zero-order valence-corrected chi connectivity index (χ0v) is 14.0. The van der Waals surface area contributed by atoms with Gasteiger partial charge in [0.1, 0.15) is 0 Å². The van der Waals surface area contributed by atoms with E-state index in [-0.39, 0.29) is 0 Å². The minimum atomic E-state index is 0.451. The van der Waals surface area contributed by atoms with Gasteiger partial charge in [-0.3, -0.25) is 0 Å². The molecule has 0 aromatic heterocycles. The number of likely N-dealkylation sites (tertiary alicyclic amines) is 1. The second kappa shape index (κ2) is 8.40. The van der Waals surface area contributed by atoms with Gasteiger partial charge in [-0.2, -0.15) is 0 Å². The highest BCUT2D eigenvalue weighted by Gasteiger charge is 2.15. The molecule has 0 saturated carbocycles. The molecule has 116 valence electrons. The van der Waals surface area contributed by atoms with Gasteiger partial charge in [0, 0.05) is 12.3 Å². The van der Waals surface area contributed by atoms with Crippen molar-refractivity contribution in [3.63, 3.8) is 0 Å². The second-order valence-electron chi connectivity index (χ2n) is 5.97. The molecule has 1 fully saturated rings. The molecule has 22 heavy (non-hydrogen) atoms. The van der Waals surface area contributed by atoms with Gasteiger partial charge in [0.15, 0.2) is 0 Å². The van der Waals surface area contributed by atoms with Crippen molar-refractivity contribution in [1.82, 2.24) is 4.90 Å². The van der Waals surface area contributed by atoms with Crippen molar-refractivity contribution in [2.75, 3.05) is 25.4 Å². The standard InChI is InChI=1S/C20H25NS/c1-4-10-18(11-5-1)20(19-12-6-2-7-13-19)22-17-16-21-14-8-3-9-15-21/h1-2,4-7,10-13,20H,3,8-9,14-17H2. The first-order valence-electron chi connectivity index (χ1n) is 8.37. The molecule has 1 heterocycles. The van der Waals surface area contributed by atoms with Crippen molar-refractivity contribution >= 4 is 11.8 Å². The molecule has 1 saturated heterocycles. The maximum absolute atomic E-state index is 2.63. The Balaban J connectivity index is 1.64. The van der Waals surface area contributed by atoms with Crippen LogP contribution in [-0.2, 0) is 0 Å². The summed E-state index contributed by atoms with van der Waals surface area (Å²) in [5.74, 6) is 1.20. The lowest BCUT2D eigenvalue weighted by Gasteiger charge is -2.27. The predicted octanol–water partition coefficient (Wildman–Crippen LogP) is 5.00. The number of nitrogens with zero attached hydrogens (tertiary/aromatic N) is 1. The van der Waals surface area contributed by atoms with Crippen LogP contribution < -0.4 is 0 Å². The van der Waals surface area contributed by atoms with Crippen LogP contribution in [0.1, 0.15) is 35.6 Å². The Hall–Kier alpha value is -1.25. The SMILES string of the molecule is c1ccc(C(SCCN2CCCCC2)c2ccccc2)cc1. The Bertz CT molecular complexity index is 495. The van der Waals surface area contributed by atoms with Gasteiger partial charge in [-0.15, -0.1) is 11.8 Å². The molecule has 0 bridgehead atoms. The zero-order chi connectivity index (χ0) is 15.0. The summed E-state index contributed by atoms with van der Waals surface area (Å²) in [6, 6.07) is 21.8. The van der Waals surface area contributed by atoms with Crippen LogP contribution in [0.15, 0.2) is 60.7 Å². The van der Waals surface area contributed by atoms with Crippen LogP contribution in [-0.4, -0.2) is 30.3 Å². The van der Waals surface area contributed by atoms with E-state index in [9.17, 15) is 0 Å². The van der Waals surface area contributed by atoms with E-state index in [1.54, 1.807) is 0 Å². The third-order valence-corrected chi connectivity index (χ3v) is 5.64. The molecule has 1 nitrogen and oxygen atoms in total. The van der Waals surface area contributed by atoms with Crippen molar-refractivity contribution in [1.29, 1.82) is 0 Å². The van der Waals surface area contributed by atoms with Crippen LogP contribution in [0.3, 0.4) is 0 Å². The van der Waals surface area contributed by atoms with Crippen molar-refractivity contribution in [3.8, 4) is 0 Å². The first-order valence-corrected chi connectivity index (χ1v) is 9.42. The second-order valence-corrected chi connectivity index (χ2v) is 7.19. The van der Waals surface area contributed by atoms with Gasteiger partial charge in [-0.05, 0) is 37.1 Å². The molecule has 2 aromatic carbocycles. The molecule has 0 N–H and O–H groups in total. The average Bonchev–Trinajstić information content (AvgIpc) is 2.61. The molecule has 0 unspecified atom stereocenters. The topological polar surface area (TPSA) is 3.24 Å². The lowest BCUT2D eigenvalue weighted by Crippen LogP contribution is -2.31. The van der Waals surface area contributed by atoms with E-state index >= 15 is 0 Å². The zero-order valence-electron chi connectivity index (χ0n) is 13.2. The largest absolute Gasteiger partial charge is 0.303 e. The normalized spacial score (nSPS) is 16.0. The fourth-order valence-electron chi connectivity index (χ4n) is 3.12. The average molecular weight is 311 g/mol. The molecule has 0 amide bonds. The minimum Gasteiger partial charge on any atom is -0.303 e. The smallest absolute Gasteiger partial charge is 0.0547 e. The molecular formula is C20H25NS. The molecule has 1 aliphatic heterocycles. The van der Waals surface area contributed by atoms with Crippen LogP contribution in [0.25, 0.3) is 0 Å². The molecule has 3 rings (SSSR count). The van der Waals surface area contributed by atoms with Crippen LogP contribution >= 0.6 is 11.8 Å². The third-order valence-electron chi connectivity index (χ3n) is 4.35. The third kappa shape index (κ3) is 4.37. The van der Waals surface area contributed by atoms with Gasteiger partial charge < -0.3 is 4.90 Å². The van der Waals surface area contributed by atoms with Gasteiger partial charge in [0.05, 0.1) is 5.25 Å². The van der Waals surface area contributed by atoms with E-state index in [1.807, 2.05) is 0 Å². The fraction of sp³-hybridized carbons (Fsp3) is 0.400. The molecule has 2 heteroatoms. The Morgan fingerprint density at radius 3 is 1.86 bits per heavy atom. The molecule has 0 atom stereocenters.